The van der Waals surface area contributed by atoms with Crippen molar-refractivity contribution in [2.45, 2.75) is 32.6 Å². The van der Waals surface area contributed by atoms with Crippen molar-refractivity contribution in [3.8, 4) is 5.75 Å². The highest BCUT2D eigenvalue weighted by molar-refractivity contribution is 6.02. The second-order valence-electron chi connectivity index (χ2n) is 6.04. The zero-order chi connectivity index (χ0) is 15.5. The van der Waals surface area contributed by atoms with Crippen molar-refractivity contribution in [2.24, 2.45) is 11.0 Å². The normalized spacial score (nSPS) is 20.2. The summed E-state index contributed by atoms with van der Waals surface area (Å²) < 4.78 is 0. The molecule has 1 amide bonds. The van der Waals surface area contributed by atoms with Crippen LogP contribution in [0.15, 0.2) is 41.5 Å². The molecule has 2 aromatic rings. The maximum absolute atomic E-state index is 12.3. The molecule has 0 saturated heterocycles. The Bertz CT molecular complexity index is 737. The Morgan fingerprint density at radius 3 is 2.73 bits per heavy atom. The number of carbonyl (C=O) groups is 1. The van der Waals surface area contributed by atoms with Crippen LogP contribution in [0.4, 0.5) is 0 Å². The first kappa shape index (κ1) is 14.6. The van der Waals surface area contributed by atoms with Crippen LogP contribution >= 0.6 is 0 Å². The van der Waals surface area contributed by atoms with E-state index in [2.05, 4.69) is 17.5 Å². The van der Waals surface area contributed by atoms with Gasteiger partial charge in [0.25, 0.3) is 5.91 Å². The second kappa shape index (κ2) is 6.18. The molecule has 0 spiro atoms. The molecule has 0 aliphatic heterocycles. The first-order valence-electron chi connectivity index (χ1n) is 7.71. The van der Waals surface area contributed by atoms with Gasteiger partial charge in [-0.05, 0) is 54.5 Å². The molecule has 0 heterocycles. The standard InChI is InChI=1S/C18H20N2O2/c1-12-5-4-8-15(9-12)19-20-18(22)16-10-13-6-2-3-7-14(13)11-17(16)21/h2-3,6-7,10-12,21H,4-5,8-9H2,1H3,(H,20,22)/b19-15-/t12-/m0/s1. The lowest BCUT2D eigenvalue weighted by atomic mass is 9.89. The number of hydrogen-bond donors (Lipinski definition) is 2. The molecule has 4 heteroatoms. The summed E-state index contributed by atoms with van der Waals surface area (Å²) in [5.74, 6) is 0.237. The zero-order valence-corrected chi connectivity index (χ0v) is 12.7. The van der Waals surface area contributed by atoms with Crippen molar-refractivity contribution in [1.29, 1.82) is 0 Å². The van der Waals surface area contributed by atoms with E-state index in [0.717, 1.165) is 35.7 Å². The topological polar surface area (TPSA) is 61.7 Å². The third-order valence-corrected chi connectivity index (χ3v) is 4.17. The molecule has 114 valence electrons. The zero-order valence-electron chi connectivity index (χ0n) is 12.7. The lowest BCUT2D eigenvalue weighted by Crippen LogP contribution is -2.22. The fraction of sp³-hybridized carbons (Fsp3) is 0.333. The number of phenols is 1. The van der Waals surface area contributed by atoms with Crippen molar-refractivity contribution >= 4 is 22.4 Å². The molecule has 2 N–H and O–H groups in total. The summed E-state index contributed by atoms with van der Waals surface area (Å²) in [6.45, 7) is 2.20. The number of rotatable bonds is 2. The van der Waals surface area contributed by atoms with Crippen LogP contribution in [0, 0.1) is 5.92 Å². The number of nitrogens with zero attached hydrogens (tertiary/aromatic N) is 1. The summed E-state index contributed by atoms with van der Waals surface area (Å²) in [6, 6.07) is 10.9. The van der Waals surface area contributed by atoms with Gasteiger partial charge in [-0.3, -0.25) is 4.79 Å². The summed E-state index contributed by atoms with van der Waals surface area (Å²) in [7, 11) is 0. The number of fused-ring (bicyclic) bond motifs is 1. The Balaban J connectivity index is 1.80. The number of hydrazone groups is 1. The van der Waals surface area contributed by atoms with E-state index in [4.69, 9.17) is 0 Å². The molecule has 1 atom stereocenters. The molecule has 1 aliphatic rings. The third-order valence-electron chi connectivity index (χ3n) is 4.17. The Morgan fingerprint density at radius 1 is 1.27 bits per heavy atom. The molecule has 4 nitrogen and oxygen atoms in total. The van der Waals surface area contributed by atoms with E-state index < -0.39 is 0 Å². The molecule has 0 aromatic heterocycles. The molecule has 0 radical (unpaired) electrons. The predicted molar refractivity (Wildman–Crippen MR) is 88.1 cm³/mol. The van der Waals surface area contributed by atoms with Gasteiger partial charge in [0.1, 0.15) is 5.75 Å². The number of benzene rings is 2. The summed E-state index contributed by atoms with van der Waals surface area (Å²) in [5.41, 5.74) is 3.87. The number of aromatic hydroxyl groups is 1. The fourth-order valence-electron chi connectivity index (χ4n) is 2.96. The molecule has 0 unspecified atom stereocenters. The van der Waals surface area contributed by atoms with Gasteiger partial charge >= 0.3 is 0 Å². The van der Waals surface area contributed by atoms with E-state index in [9.17, 15) is 9.90 Å². The van der Waals surface area contributed by atoms with Crippen LogP contribution < -0.4 is 5.43 Å². The molecule has 1 fully saturated rings. The summed E-state index contributed by atoms with van der Waals surface area (Å²) in [6.07, 6.45) is 4.22. The lowest BCUT2D eigenvalue weighted by molar-refractivity contribution is 0.0952. The van der Waals surface area contributed by atoms with Crippen LogP contribution in [-0.4, -0.2) is 16.7 Å². The van der Waals surface area contributed by atoms with E-state index in [0.29, 0.717) is 5.92 Å². The molecule has 0 bridgehead atoms. The Morgan fingerprint density at radius 2 is 2.00 bits per heavy atom. The first-order chi connectivity index (χ1) is 10.6. The maximum atomic E-state index is 12.3. The Labute approximate surface area is 129 Å². The van der Waals surface area contributed by atoms with Crippen LogP contribution in [0.3, 0.4) is 0 Å². The summed E-state index contributed by atoms with van der Waals surface area (Å²) >= 11 is 0. The predicted octanol–water partition coefficient (Wildman–Crippen LogP) is 3.84. The van der Waals surface area contributed by atoms with E-state index in [-0.39, 0.29) is 17.2 Å². The van der Waals surface area contributed by atoms with Crippen molar-refractivity contribution in [1.82, 2.24) is 5.43 Å². The van der Waals surface area contributed by atoms with Gasteiger partial charge in [0, 0.05) is 5.71 Å². The molecule has 2 aromatic carbocycles. The number of hydrogen-bond acceptors (Lipinski definition) is 3. The highest BCUT2D eigenvalue weighted by atomic mass is 16.3. The van der Waals surface area contributed by atoms with E-state index in [1.165, 1.54) is 6.42 Å². The maximum Gasteiger partial charge on any atom is 0.275 e. The number of nitrogens with one attached hydrogen (secondary N) is 1. The average molecular weight is 296 g/mol. The van der Waals surface area contributed by atoms with Crippen molar-refractivity contribution < 1.29 is 9.90 Å². The highest BCUT2D eigenvalue weighted by Gasteiger charge is 2.16. The van der Waals surface area contributed by atoms with Gasteiger partial charge in [0.2, 0.25) is 0 Å². The third kappa shape index (κ3) is 3.11. The largest absolute Gasteiger partial charge is 0.507 e. The SMILES string of the molecule is C[C@H]1CCC/C(=N/NC(=O)c2cc3ccccc3cc2O)C1. The van der Waals surface area contributed by atoms with E-state index in [1.807, 2.05) is 24.3 Å². The Kier molecular flexibility index (Phi) is 4.09. The minimum atomic E-state index is -0.367. The molecular formula is C18H20N2O2. The van der Waals surface area contributed by atoms with Gasteiger partial charge in [-0.25, -0.2) is 5.43 Å². The van der Waals surface area contributed by atoms with Crippen molar-refractivity contribution in [3.05, 3.63) is 42.0 Å². The summed E-state index contributed by atoms with van der Waals surface area (Å²) in [4.78, 5) is 12.3. The van der Waals surface area contributed by atoms with Gasteiger partial charge in [0.15, 0.2) is 0 Å². The molecule has 3 rings (SSSR count). The minimum Gasteiger partial charge on any atom is -0.507 e. The molecule has 1 saturated carbocycles. The monoisotopic (exact) mass is 296 g/mol. The molecule has 1 aliphatic carbocycles. The van der Waals surface area contributed by atoms with Gasteiger partial charge in [-0.1, -0.05) is 31.2 Å². The Hall–Kier alpha value is -2.36. The van der Waals surface area contributed by atoms with Gasteiger partial charge in [0.05, 0.1) is 5.56 Å². The van der Waals surface area contributed by atoms with E-state index in [1.54, 1.807) is 12.1 Å². The van der Waals surface area contributed by atoms with Crippen LogP contribution in [0.25, 0.3) is 10.8 Å². The number of phenolic OH excluding ortho intramolecular Hbond substituents is 1. The van der Waals surface area contributed by atoms with Gasteiger partial charge in [-0.15, -0.1) is 0 Å². The van der Waals surface area contributed by atoms with Crippen LogP contribution in [0.1, 0.15) is 43.0 Å². The quantitative estimate of drug-likeness (QED) is 0.827. The molecular weight excluding hydrogens is 276 g/mol. The van der Waals surface area contributed by atoms with Gasteiger partial charge < -0.3 is 5.11 Å². The van der Waals surface area contributed by atoms with Crippen LogP contribution in [0.5, 0.6) is 5.75 Å². The van der Waals surface area contributed by atoms with Gasteiger partial charge in [-0.2, -0.15) is 5.10 Å². The number of carbonyl (C=O) groups excluding carboxylic acids is 1. The van der Waals surface area contributed by atoms with Crippen LogP contribution in [0.2, 0.25) is 0 Å². The first-order valence-corrected chi connectivity index (χ1v) is 7.71. The van der Waals surface area contributed by atoms with Crippen molar-refractivity contribution in [2.75, 3.05) is 0 Å². The number of amides is 1. The highest BCUT2D eigenvalue weighted by Crippen LogP contribution is 2.25. The summed E-state index contributed by atoms with van der Waals surface area (Å²) in [5, 5.41) is 16.1. The van der Waals surface area contributed by atoms with E-state index >= 15 is 0 Å². The fourth-order valence-corrected chi connectivity index (χ4v) is 2.96. The van der Waals surface area contributed by atoms with Crippen molar-refractivity contribution in [3.63, 3.8) is 0 Å². The smallest absolute Gasteiger partial charge is 0.275 e. The molecule has 22 heavy (non-hydrogen) atoms. The van der Waals surface area contributed by atoms with Crippen LogP contribution in [-0.2, 0) is 0 Å². The minimum absolute atomic E-state index is 0.0200. The lowest BCUT2D eigenvalue weighted by Gasteiger charge is -2.19. The second-order valence-corrected chi connectivity index (χ2v) is 6.04. The average Bonchev–Trinajstić information content (AvgIpc) is 2.52.